The lowest BCUT2D eigenvalue weighted by atomic mass is 9.90. The van der Waals surface area contributed by atoms with Gasteiger partial charge in [-0.05, 0) is 34.6 Å². The van der Waals surface area contributed by atoms with Crippen molar-refractivity contribution in [3.63, 3.8) is 0 Å². The van der Waals surface area contributed by atoms with E-state index in [4.69, 9.17) is 10.00 Å². The summed E-state index contributed by atoms with van der Waals surface area (Å²) in [6, 6.07) is 2.41. The van der Waals surface area contributed by atoms with E-state index in [1.165, 1.54) is 11.3 Å². The number of carbonyl (C=O) groups is 1. The summed E-state index contributed by atoms with van der Waals surface area (Å²) in [5.74, 6) is -0.269. The molecule has 116 valence electrons. The van der Waals surface area contributed by atoms with Crippen molar-refractivity contribution in [3.05, 3.63) is 11.1 Å². The molecule has 21 heavy (non-hydrogen) atoms. The van der Waals surface area contributed by atoms with E-state index in [2.05, 4.69) is 29.8 Å². The van der Waals surface area contributed by atoms with Crippen molar-refractivity contribution >= 4 is 22.4 Å². The van der Waals surface area contributed by atoms with Crippen LogP contribution in [0.2, 0.25) is 0 Å². The van der Waals surface area contributed by atoms with Crippen LogP contribution in [-0.4, -0.2) is 30.1 Å². The molecule has 0 fully saturated rings. The van der Waals surface area contributed by atoms with Gasteiger partial charge in [0.2, 0.25) is 0 Å². The molecule has 1 aromatic rings. The van der Waals surface area contributed by atoms with Crippen LogP contribution in [0.1, 0.15) is 46.7 Å². The summed E-state index contributed by atoms with van der Waals surface area (Å²) < 4.78 is 5.11. The lowest BCUT2D eigenvalue weighted by Crippen LogP contribution is -2.33. The Morgan fingerprint density at radius 3 is 2.76 bits per heavy atom. The summed E-state index contributed by atoms with van der Waals surface area (Å²) in [6.07, 6.45) is 0.453. The Hall–Kier alpha value is -1.61. The van der Waals surface area contributed by atoms with Gasteiger partial charge in [0.1, 0.15) is 5.41 Å². The molecule has 6 heteroatoms. The number of carbonyl (C=O) groups excluding carboxylic acids is 1. The standard InChI is InChI=1S/C15H23N3O2S/c1-6-20-13(19)15(4,5)12-10-21-14(17-12)18(11(2)3)9-7-8-16/h10-11H,6-7,9H2,1-5H3. The first-order valence-electron chi connectivity index (χ1n) is 7.11. The number of nitriles is 1. The van der Waals surface area contributed by atoms with Crippen LogP contribution in [-0.2, 0) is 14.9 Å². The van der Waals surface area contributed by atoms with E-state index in [0.717, 1.165) is 5.13 Å². The average Bonchev–Trinajstić information content (AvgIpc) is 2.89. The number of hydrogen-bond acceptors (Lipinski definition) is 6. The molecule has 0 amide bonds. The summed E-state index contributed by atoms with van der Waals surface area (Å²) in [4.78, 5) is 18.7. The molecule has 0 N–H and O–H groups in total. The molecule has 0 unspecified atom stereocenters. The predicted molar refractivity (Wildman–Crippen MR) is 84.5 cm³/mol. The summed E-state index contributed by atoms with van der Waals surface area (Å²) in [7, 11) is 0. The van der Waals surface area contributed by atoms with Crippen molar-refractivity contribution in [2.45, 2.75) is 52.5 Å². The minimum atomic E-state index is -0.761. The van der Waals surface area contributed by atoms with Crippen molar-refractivity contribution < 1.29 is 9.53 Å². The number of anilines is 1. The van der Waals surface area contributed by atoms with Crippen LogP contribution in [0.5, 0.6) is 0 Å². The third kappa shape index (κ3) is 4.18. The topological polar surface area (TPSA) is 66.2 Å². The van der Waals surface area contributed by atoms with Crippen LogP contribution in [0.3, 0.4) is 0 Å². The number of esters is 1. The molecule has 0 aliphatic carbocycles. The van der Waals surface area contributed by atoms with Gasteiger partial charge in [-0.2, -0.15) is 5.26 Å². The van der Waals surface area contributed by atoms with Crippen LogP contribution in [0.25, 0.3) is 0 Å². The fourth-order valence-corrected chi connectivity index (χ4v) is 3.00. The monoisotopic (exact) mass is 309 g/mol. The largest absolute Gasteiger partial charge is 0.465 e. The van der Waals surface area contributed by atoms with Crippen molar-refractivity contribution in [2.24, 2.45) is 0 Å². The second-order valence-corrected chi connectivity index (χ2v) is 6.39. The first-order valence-corrected chi connectivity index (χ1v) is 7.99. The van der Waals surface area contributed by atoms with Crippen LogP contribution < -0.4 is 4.90 Å². The first-order chi connectivity index (χ1) is 9.84. The minimum absolute atomic E-state index is 0.253. The van der Waals surface area contributed by atoms with E-state index in [-0.39, 0.29) is 12.0 Å². The van der Waals surface area contributed by atoms with Gasteiger partial charge in [-0.3, -0.25) is 4.79 Å². The van der Waals surface area contributed by atoms with Crippen LogP contribution in [0.15, 0.2) is 5.38 Å². The molecule has 1 aromatic heterocycles. The maximum atomic E-state index is 12.0. The third-order valence-electron chi connectivity index (χ3n) is 3.25. The van der Waals surface area contributed by atoms with Gasteiger partial charge in [0.25, 0.3) is 0 Å². The van der Waals surface area contributed by atoms with Gasteiger partial charge in [-0.1, -0.05) is 0 Å². The number of aromatic nitrogens is 1. The van der Waals surface area contributed by atoms with Crippen LogP contribution in [0.4, 0.5) is 5.13 Å². The van der Waals surface area contributed by atoms with Crippen molar-refractivity contribution in [1.29, 1.82) is 5.26 Å². The minimum Gasteiger partial charge on any atom is -0.465 e. The molecule has 1 rings (SSSR count). The second kappa shape index (κ2) is 7.41. The number of nitrogens with zero attached hydrogens (tertiary/aromatic N) is 3. The van der Waals surface area contributed by atoms with E-state index in [9.17, 15) is 4.79 Å². The SMILES string of the molecule is CCOC(=O)C(C)(C)c1csc(N(CCC#N)C(C)C)n1. The van der Waals surface area contributed by atoms with Crippen molar-refractivity contribution in [3.8, 4) is 6.07 Å². The van der Waals surface area contributed by atoms with E-state index in [1.54, 1.807) is 6.92 Å². The van der Waals surface area contributed by atoms with Crippen LogP contribution >= 0.6 is 11.3 Å². The lowest BCUT2D eigenvalue weighted by Gasteiger charge is -2.25. The summed E-state index contributed by atoms with van der Waals surface area (Å²) >= 11 is 1.50. The summed E-state index contributed by atoms with van der Waals surface area (Å²) in [5.41, 5.74) is -0.0496. The molecule has 5 nitrogen and oxygen atoms in total. The zero-order valence-electron chi connectivity index (χ0n) is 13.3. The Balaban J connectivity index is 2.98. The maximum Gasteiger partial charge on any atom is 0.317 e. The highest BCUT2D eigenvalue weighted by Crippen LogP contribution is 2.31. The molecule has 0 bridgehead atoms. The Kier molecular flexibility index (Phi) is 6.16. The van der Waals surface area contributed by atoms with Gasteiger partial charge in [-0.15, -0.1) is 11.3 Å². The smallest absolute Gasteiger partial charge is 0.317 e. The highest BCUT2D eigenvalue weighted by Gasteiger charge is 2.34. The van der Waals surface area contributed by atoms with Gasteiger partial charge in [0, 0.05) is 18.0 Å². The van der Waals surface area contributed by atoms with E-state index in [0.29, 0.717) is 25.3 Å². The Bertz CT molecular complexity index is 517. The van der Waals surface area contributed by atoms with Gasteiger partial charge in [0.05, 0.1) is 24.8 Å². The molecule has 0 saturated heterocycles. The second-order valence-electron chi connectivity index (χ2n) is 5.56. The molecular weight excluding hydrogens is 286 g/mol. The Labute approximate surface area is 130 Å². The van der Waals surface area contributed by atoms with Crippen LogP contribution in [0, 0.1) is 11.3 Å². The Morgan fingerprint density at radius 1 is 1.57 bits per heavy atom. The number of rotatable bonds is 7. The molecular formula is C15H23N3O2S. The van der Waals surface area contributed by atoms with Gasteiger partial charge in [-0.25, -0.2) is 4.98 Å². The lowest BCUT2D eigenvalue weighted by molar-refractivity contribution is -0.148. The molecule has 0 radical (unpaired) electrons. The van der Waals surface area contributed by atoms with Gasteiger partial charge >= 0.3 is 5.97 Å². The first kappa shape index (κ1) is 17.4. The maximum absolute atomic E-state index is 12.0. The number of thiazole rings is 1. The van der Waals surface area contributed by atoms with E-state index >= 15 is 0 Å². The van der Waals surface area contributed by atoms with Gasteiger partial charge < -0.3 is 9.64 Å². The molecule has 0 saturated carbocycles. The van der Waals surface area contributed by atoms with E-state index < -0.39 is 5.41 Å². The fourth-order valence-electron chi connectivity index (χ4n) is 1.84. The third-order valence-corrected chi connectivity index (χ3v) is 4.13. The number of hydrogen-bond donors (Lipinski definition) is 0. The van der Waals surface area contributed by atoms with Crippen molar-refractivity contribution in [1.82, 2.24) is 4.98 Å². The summed E-state index contributed by atoms with van der Waals surface area (Å²) in [6.45, 7) is 10.6. The average molecular weight is 309 g/mol. The fraction of sp³-hybridized carbons (Fsp3) is 0.667. The molecule has 0 aromatic carbocycles. The normalized spacial score (nSPS) is 11.3. The molecule has 0 atom stereocenters. The molecule has 0 spiro atoms. The van der Waals surface area contributed by atoms with E-state index in [1.807, 2.05) is 19.2 Å². The quantitative estimate of drug-likeness (QED) is 0.724. The highest BCUT2D eigenvalue weighted by atomic mass is 32.1. The van der Waals surface area contributed by atoms with Gasteiger partial charge in [0.15, 0.2) is 5.13 Å². The predicted octanol–water partition coefficient (Wildman–Crippen LogP) is 3.11. The zero-order valence-corrected chi connectivity index (χ0v) is 14.2. The molecule has 1 heterocycles. The summed E-state index contributed by atoms with van der Waals surface area (Å²) in [5, 5.41) is 11.5. The number of ether oxygens (including phenoxy) is 1. The molecule has 0 aliphatic rings. The molecule has 0 aliphatic heterocycles. The highest BCUT2D eigenvalue weighted by molar-refractivity contribution is 7.13. The zero-order chi connectivity index (χ0) is 16.0. The van der Waals surface area contributed by atoms with Crippen molar-refractivity contribution in [2.75, 3.05) is 18.1 Å². The Morgan fingerprint density at radius 2 is 2.24 bits per heavy atom.